The highest BCUT2D eigenvalue weighted by atomic mass is 32.2. The van der Waals surface area contributed by atoms with Gasteiger partial charge in [0.2, 0.25) is 0 Å². The number of nitrogens with zero attached hydrogens (tertiary/aromatic N) is 1. The fourth-order valence-electron chi connectivity index (χ4n) is 1.20. The third kappa shape index (κ3) is 3.69. The summed E-state index contributed by atoms with van der Waals surface area (Å²) >= 11 is 1.25. The van der Waals surface area contributed by atoms with Crippen molar-refractivity contribution in [3.63, 3.8) is 0 Å². The van der Waals surface area contributed by atoms with E-state index in [1.165, 1.54) is 17.8 Å². The van der Waals surface area contributed by atoms with Crippen LogP contribution in [0.2, 0.25) is 0 Å². The van der Waals surface area contributed by atoms with E-state index < -0.39 is 11.0 Å². The van der Waals surface area contributed by atoms with E-state index in [1.807, 2.05) is 0 Å². The lowest BCUT2D eigenvalue weighted by Gasteiger charge is -2.14. The van der Waals surface area contributed by atoms with Crippen LogP contribution in [-0.4, -0.2) is 26.5 Å². The fraction of sp³-hybridized carbons (Fsp3) is 0.455. The number of benzene rings is 1. The van der Waals surface area contributed by atoms with Gasteiger partial charge in [-0.15, -0.1) is 11.8 Å². The zero-order valence-electron chi connectivity index (χ0n) is 9.66. The average Bonchev–Trinajstić information content (AvgIpc) is 2.29. The summed E-state index contributed by atoms with van der Waals surface area (Å²) in [4.78, 5) is 10.9. The summed E-state index contributed by atoms with van der Waals surface area (Å²) in [6.07, 6.45) is -0.544. The molecule has 2 unspecified atom stereocenters. The van der Waals surface area contributed by atoms with Crippen LogP contribution in [0.15, 0.2) is 23.1 Å². The molecule has 0 fully saturated rings. The molecule has 6 heteroatoms. The van der Waals surface area contributed by atoms with Gasteiger partial charge in [-0.25, -0.2) is 0 Å². The van der Waals surface area contributed by atoms with Gasteiger partial charge in [0.25, 0.3) is 5.69 Å². The van der Waals surface area contributed by atoms with Crippen molar-refractivity contribution >= 4 is 17.4 Å². The van der Waals surface area contributed by atoms with E-state index in [9.17, 15) is 15.2 Å². The first kappa shape index (κ1) is 14.0. The molecule has 5 nitrogen and oxygen atoms in total. The summed E-state index contributed by atoms with van der Waals surface area (Å²) < 4.78 is 0. The molecule has 17 heavy (non-hydrogen) atoms. The minimum atomic E-state index is -0.544. The lowest BCUT2D eigenvalue weighted by molar-refractivity contribution is -0.387. The van der Waals surface area contributed by atoms with E-state index in [4.69, 9.17) is 5.11 Å². The Bertz CT molecular complexity index is 408. The summed E-state index contributed by atoms with van der Waals surface area (Å²) in [7, 11) is 0. The Kier molecular flexibility index (Phi) is 4.92. The normalized spacial score (nSPS) is 14.4. The predicted molar refractivity (Wildman–Crippen MR) is 66.0 cm³/mol. The second kappa shape index (κ2) is 6.00. The molecule has 1 aromatic carbocycles. The third-order valence-corrected chi connectivity index (χ3v) is 3.76. The molecule has 0 aliphatic heterocycles. The Morgan fingerprint density at radius 3 is 2.59 bits per heavy atom. The van der Waals surface area contributed by atoms with Crippen molar-refractivity contribution in [3.8, 4) is 0 Å². The molecule has 0 saturated carbocycles. The molecule has 0 bridgehead atoms. The van der Waals surface area contributed by atoms with Crippen molar-refractivity contribution in [3.05, 3.63) is 33.9 Å². The van der Waals surface area contributed by atoms with E-state index in [-0.39, 0.29) is 17.5 Å². The number of nitro groups is 1. The number of aliphatic hydroxyl groups excluding tert-OH is 2. The summed E-state index contributed by atoms with van der Waals surface area (Å²) in [5.41, 5.74) is 0.472. The molecule has 0 heterocycles. The Hall–Kier alpha value is -1.11. The van der Waals surface area contributed by atoms with Gasteiger partial charge in [-0.3, -0.25) is 10.1 Å². The number of rotatable bonds is 5. The van der Waals surface area contributed by atoms with Crippen LogP contribution in [0.1, 0.15) is 19.4 Å². The van der Waals surface area contributed by atoms with Gasteiger partial charge in [0.05, 0.1) is 22.5 Å². The maximum Gasteiger partial charge on any atom is 0.283 e. The Labute approximate surface area is 104 Å². The Morgan fingerprint density at radius 1 is 1.47 bits per heavy atom. The van der Waals surface area contributed by atoms with Crippen LogP contribution < -0.4 is 0 Å². The first-order chi connectivity index (χ1) is 7.95. The molecule has 1 aromatic rings. The Balaban J connectivity index is 3.02. The number of aliphatic hydroxyl groups is 2. The van der Waals surface area contributed by atoms with Crippen LogP contribution in [0.5, 0.6) is 0 Å². The molecular formula is C11H15NO4S. The summed E-state index contributed by atoms with van der Waals surface area (Å²) in [5.74, 6) is 0. The van der Waals surface area contributed by atoms with Gasteiger partial charge in [0.15, 0.2) is 0 Å². The molecule has 0 aromatic heterocycles. The monoisotopic (exact) mass is 257 g/mol. The van der Waals surface area contributed by atoms with Crippen molar-refractivity contribution in [2.45, 2.75) is 36.7 Å². The highest BCUT2D eigenvalue weighted by Crippen LogP contribution is 2.33. The maximum absolute atomic E-state index is 10.9. The van der Waals surface area contributed by atoms with Crippen molar-refractivity contribution in [2.75, 3.05) is 0 Å². The van der Waals surface area contributed by atoms with Crippen LogP contribution in [0, 0.1) is 10.1 Å². The zero-order valence-corrected chi connectivity index (χ0v) is 10.5. The third-order valence-electron chi connectivity index (χ3n) is 2.39. The van der Waals surface area contributed by atoms with E-state index >= 15 is 0 Å². The quantitative estimate of drug-likeness (QED) is 0.478. The summed E-state index contributed by atoms with van der Waals surface area (Å²) in [6, 6.07) is 4.61. The molecule has 0 saturated heterocycles. The highest BCUT2D eigenvalue weighted by molar-refractivity contribution is 8.00. The second-order valence-electron chi connectivity index (χ2n) is 3.78. The average molecular weight is 257 g/mol. The number of hydrogen-bond acceptors (Lipinski definition) is 5. The van der Waals surface area contributed by atoms with Crippen molar-refractivity contribution < 1.29 is 15.1 Å². The molecule has 0 radical (unpaired) electrons. The molecule has 94 valence electrons. The van der Waals surface area contributed by atoms with Gasteiger partial charge in [-0.05, 0) is 18.6 Å². The van der Waals surface area contributed by atoms with Gasteiger partial charge in [0, 0.05) is 11.3 Å². The molecule has 0 aliphatic rings. The first-order valence-corrected chi connectivity index (χ1v) is 6.06. The smallest absolute Gasteiger partial charge is 0.283 e. The lowest BCUT2D eigenvalue weighted by atomic mass is 10.2. The van der Waals surface area contributed by atoms with Crippen molar-refractivity contribution in [1.29, 1.82) is 0 Å². The Morgan fingerprint density at radius 2 is 2.12 bits per heavy atom. The molecule has 0 amide bonds. The molecule has 2 N–H and O–H groups in total. The highest BCUT2D eigenvalue weighted by Gasteiger charge is 2.19. The van der Waals surface area contributed by atoms with Gasteiger partial charge in [-0.2, -0.15) is 0 Å². The minimum Gasteiger partial charge on any atom is -0.392 e. The predicted octanol–water partition coefficient (Wildman–Crippen LogP) is 1.95. The van der Waals surface area contributed by atoms with Crippen molar-refractivity contribution in [2.24, 2.45) is 0 Å². The van der Waals surface area contributed by atoms with E-state index in [1.54, 1.807) is 26.0 Å². The molecule has 2 atom stereocenters. The second-order valence-corrected chi connectivity index (χ2v) is 5.20. The van der Waals surface area contributed by atoms with Crippen molar-refractivity contribution in [1.82, 2.24) is 0 Å². The molecule has 1 rings (SSSR count). The molecular weight excluding hydrogens is 242 g/mol. The van der Waals surface area contributed by atoms with Gasteiger partial charge < -0.3 is 10.2 Å². The van der Waals surface area contributed by atoms with E-state index in [2.05, 4.69) is 0 Å². The van der Waals surface area contributed by atoms with E-state index in [0.717, 1.165) is 0 Å². The standard InChI is InChI=1S/C11H15NO4S/c1-7(14)8(2)17-11-4-3-9(6-13)5-10(11)12(15)16/h3-5,7-8,13-14H,6H2,1-2H3. The van der Waals surface area contributed by atoms with Gasteiger partial charge >= 0.3 is 0 Å². The zero-order chi connectivity index (χ0) is 13.0. The summed E-state index contributed by atoms with van der Waals surface area (Å²) in [5, 5.41) is 29.1. The van der Waals surface area contributed by atoms with Crippen LogP contribution >= 0.6 is 11.8 Å². The molecule has 0 aliphatic carbocycles. The SMILES string of the molecule is CC(O)C(C)Sc1ccc(CO)cc1[N+](=O)[O-]. The summed E-state index contributed by atoms with van der Waals surface area (Å²) in [6.45, 7) is 3.22. The van der Waals surface area contributed by atoms with E-state index in [0.29, 0.717) is 10.5 Å². The van der Waals surface area contributed by atoms with Gasteiger partial charge in [0.1, 0.15) is 0 Å². The fourth-order valence-corrected chi connectivity index (χ4v) is 2.20. The topological polar surface area (TPSA) is 83.6 Å². The first-order valence-electron chi connectivity index (χ1n) is 5.18. The minimum absolute atomic E-state index is 0.0333. The molecule has 0 spiro atoms. The number of nitro benzene ring substituents is 1. The lowest BCUT2D eigenvalue weighted by Crippen LogP contribution is -2.15. The van der Waals surface area contributed by atoms with Gasteiger partial charge in [-0.1, -0.05) is 13.0 Å². The largest absolute Gasteiger partial charge is 0.392 e. The van der Waals surface area contributed by atoms with Crippen LogP contribution in [0.4, 0.5) is 5.69 Å². The number of hydrogen-bond donors (Lipinski definition) is 2. The maximum atomic E-state index is 10.9. The van der Waals surface area contributed by atoms with Crippen LogP contribution in [0.3, 0.4) is 0 Å². The number of thioether (sulfide) groups is 1. The van der Waals surface area contributed by atoms with Crippen LogP contribution in [0.25, 0.3) is 0 Å². The van der Waals surface area contributed by atoms with Crippen LogP contribution in [-0.2, 0) is 6.61 Å².